The molecule has 8 nitrogen and oxygen atoms in total. The van der Waals surface area contributed by atoms with Crippen LogP contribution >= 0.6 is 0 Å². The lowest BCUT2D eigenvalue weighted by atomic mass is 10.1. The molecule has 0 bridgehead atoms. The number of nitrogens with zero attached hydrogens (tertiary/aromatic N) is 1. The van der Waals surface area contributed by atoms with E-state index in [1.54, 1.807) is 20.8 Å². The molecule has 0 aliphatic heterocycles. The van der Waals surface area contributed by atoms with Crippen LogP contribution in [-0.4, -0.2) is 48.3 Å². The Bertz CT molecular complexity index is 661. The second kappa shape index (κ2) is 10.4. The number of pyridine rings is 1. The largest absolute Gasteiger partial charge is 0.467 e. The fourth-order valence-corrected chi connectivity index (χ4v) is 2.15. The molecule has 1 atom stereocenters. The van der Waals surface area contributed by atoms with Gasteiger partial charge in [-0.05, 0) is 46.1 Å². The molecule has 0 radical (unpaired) electrons. The molecule has 9 heteroatoms. The zero-order chi connectivity index (χ0) is 20.4. The highest BCUT2D eigenvalue weighted by molar-refractivity contribution is 5.96. The summed E-state index contributed by atoms with van der Waals surface area (Å²) in [6, 6.07) is 1.45. The molecule has 0 aliphatic rings. The van der Waals surface area contributed by atoms with Gasteiger partial charge < -0.3 is 20.1 Å². The standard InChI is InChI=1S/C18H26FN3O5/c1-18(2,3)27-17(25)21-9-6-5-7-13(16(24)26-4)22-15(23)12-8-10-20-14(19)11-12/h8,10-11,13H,5-7,9H2,1-4H3,(H,21,25)(H,22,23)/t13-/m0/s1. The number of ether oxygens (including phenoxy) is 2. The highest BCUT2D eigenvalue weighted by Crippen LogP contribution is 2.08. The lowest BCUT2D eigenvalue weighted by Gasteiger charge is -2.20. The molecule has 0 aliphatic carbocycles. The minimum atomic E-state index is -0.875. The van der Waals surface area contributed by atoms with Gasteiger partial charge in [0.25, 0.3) is 5.91 Å². The topological polar surface area (TPSA) is 107 Å². The Hall–Kier alpha value is -2.71. The molecule has 1 aromatic rings. The van der Waals surface area contributed by atoms with E-state index >= 15 is 0 Å². The molecule has 1 aromatic heterocycles. The maximum Gasteiger partial charge on any atom is 0.407 e. The van der Waals surface area contributed by atoms with Crippen LogP contribution in [-0.2, 0) is 14.3 Å². The number of methoxy groups -OCH3 is 1. The zero-order valence-corrected chi connectivity index (χ0v) is 16.0. The van der Waals surface area contributed by atoms with Crippen molar-refractivity contribution in [2.24, 2.45) is 0 Å². The van der Waals surface area contributed by atoms with Gasteiger partial charge in [-0.3, -0.25) is 4.79 Å². The summed E-state index contributed by atoms with van der Waals surface area (Å²) < 4.78 is 22.9. The number of hydrogen-bond donors (Lipinski definition) is 2. The summed E-state index contributed by atoms with van der Waals surface area (Å²) in [6.07, 6.45) is 2.08. The van der Waals surface area contributed by atoms with E-state index in [9.17, 15) is 18.8 Å². The van der Waals surface area contributed by atoms with Crippen LogP contribution in [0.3, 0.4) is 0 Å². The van der Waals surface area contributed by atoms with Crippen molar-refractivity contribution >= 4 is 18.0 Å². The summed E-state index contributed by atoms with van der Waals surface area (Å²) in [5, 5.41) is 5.14. The van der Waals surface area contributed by atoms with E-state index in [1.807, 2.05) is 0 Å². The number of carbonyl (C=O) groups excluding carboxylic acids is 3. The van der Waals surface area contributed by atoms with E-state index in [0.717, 1.165) is 6.07 Å². The number of alkyl carbamates (subject to hydrolysis) is 1. The van der Waals surface area contributed by atoms with Gasteiger partial charge in [0.1, 0.15) is 11.6 Å². The van der Waals surface area contributed by atoms with Crippen molar-refractivity contribution in [1.82, 2.24) is 15.6 Å². The third-order valence-corrected chi connectivity index (χ3v) is 3.37. The van der Waals surface area contributed by atoms with Crippen molar-refractivity contribution in [2.75, 3.05) is 13.7 Å². The second-order valence-corrected chi connectivity index (χ2v) is 6.84. The fraction of sp³-hybridized carbons (Fsp3) is 0.556. The van der Waals surface area contributed by atoms with Gasteiger partial charge in [0.15, 0.2) is 0 Å². The number of esters is 1. The SMILES string of the molecule is COC(=O)[C@H](CCCCNC(=O)OC(C)(C)C)NC(=O)c1ccnc(F)c1. The third-order valence-electron chi connectivity index (χ3n) is 3.37. The average molecular weight is 383 g/mol. The summed E-state index contributed by atoms with van der Waals surface area (Å²) >= 11 is 0. The van der Waals surface area contributed by atoms with Gasteiger partial charge in [-0.15, -0.1) is 0 Å². The normalized spacial score (nSPS) is 12.0. The van der Waals surface area contributed by atoms with Gasteiger partial charge >= 0.3 is 12.1 Å². The molecule has 2 amide bonds. The fourth-order valence-electron chi connectivity index (χ4n) is 2.15. The van der Waals surface area contributed by atoms with Crippen LogP contribution in [0.15, 0.2) is 18.3 Å². The Morgan fingerprint density at radius 1 is 1.26 bits per heavy atom. The predicted octanol–water partition coefficient (Wildman–Crippen LogP) is 2.19. The molecule has 150 valence electrons. The Morgan fingerprint density at radius 3 is 2.56 bits per heavy atom. The molecule has 27 heavy (non-hydrogen) atoms. The van der Waals surface area contributed by atoms with Crippen molar-refractivity contribution in [3.8, 4) is 0 Å². The lowest BCUT2D eigenvalue weighted by molar-refractivity contribution is -0.143. The van der Waals surface area contributed by atoms with Gasteiger partial charge in [-0.2, -0.15) is 4.39 Å². The highest BCUT2D eigenvalue weighted by atomic mass is 19.1. The molecule has 1 heterocycles. The summed E-state index contributed by atoms with van der Waals surface area (Å²) in [4.78, 5) is 38.9. The van der Waals surface area contributed by atoms with Crippen LogP contribution in [0.25, 0.3) is 0 Å². The van der Waals surface area contributed by atoms with Crippen LogP contribution in [0.5, 0.6) is 0 Å². The number of nitrogens with one attached hydrogen (secondary N) is 2. The lowest BCUT2D eigenvalue weighted by Crippen LogP contribution is -2.41. The Labute approximate surface area is 157 Å². The van der Waals surface area contributed by atoms with E-state index in [-0.39, 0.29) is 5.56 Å². The van der Waals surface area contributed by atoms with Crippen LogP contribution in [0.4, 0.5) is 9.18 Å². The minimum Gasteiger partial charge on any atom is -0.467 e. The summed E-state index contributed by atoms with van der Waals surface area (Å²) in [7, 11) is 1.22. The summed E-state index contributed by atoms with van der Waals surface area (Å²) in [5.74, 6) is -1.98. The molecular formula is C18H26FN3O5. The van der Waals surface area contributed by atoms with Crippen molar-refractivity contribution in [2.45, 2.75) is 51.7 Å². The number of amides is 2. The Kier molecular flexibility index (Phi) is 8.64. The molecule has 1 rings (SSSR count). The average Bonchev–Trinajstić information content (AvgIpc) is 2.58. The second-order valence-electron chi connectivity index (χ2n) is 6.84. The first-order chi connectivity index (χ1) is 12.6. The number of carbonyl (C=O) groups is 3. The maximum atomic E-state index is 13.1. The van der Waals surface area contributed by atoms with Crippen molar-refractivity contribution < 1.29 is 28.2 Å². The van der Waals surface area contributed by atoms with Gasteiger partial charge in [-0.25, -0.2) is 14.6 Å². The summed E-state index contributed by atoms with van der Waals surface area (Å²) in [5.41, 5.74) is -0.514. The van der Waals surface area contributed by atoms with Gasteiger partial charge in [0.05, 0.1) is 7.11 Å². The molecule has 0 saturated carbocycles. The van der Waals surface area contributed by atoms with Crippen LogP contribution in [0.2, 0.25) is 0 Å². The van der Waals surface area contributed by atoms with E-state index < -0.39 is 35.6 Å². The van der Waals surface area contributed by atoms with Crippen LogP contribution in [0, 0.1) is 5.95 Å². The molecule has 2 N–H and O–H groups in total. The van der Waals surface area contributed by atoms with Crippen LogP contribution in [0.1, 0.15) is 50.4 Å². The van der Waals surface area contributed by atoms with Crippen molar-refractivity contribution in [1.29, 1.82) is 0 Å². The zero-order valence-electron chi connectivity index (χ0n) is 16.0. The molecule has 0 aromatic carbocycles. The van der Waals surface area contributed by atoms with Crippen LogP contribution < -0.4 is 10.6 Å². The molecule has 0 saturated heterocycles. The quantitative estimate of drug-likeness (QED) is 0.405. The van der Waals surface area contributed by atoms with Crippen molar-refractivity contribution in [3.05, 3.63) is 29.8 Å². The number of aromatic nitrogens is 1. The number of hydrogen-bond acceptors (Lipinski definition) is 6. The van der Waals surface area contributed by atoms with E-state index in [4.69, 9.17) is 9.47 Å². The van der Waals surface area contributed by atoms with E-state index in [2.05, 4.69) is 15.6 Å². The molecular weight excluding hydrogens is 357 g/mol. The van der Waals surface area contributed by atoms with Gasteiger partial charge in [0.2, 0.25) is 5.95 Å². The first kappa shape index (κ1) is 22.3. The maximum absolute atomic E-state index is 13.1. The van der Waals surface area contributed by atoms with Gasteiger partial charge in [-0.1, -0.05) is 0 Å². The van der Waals surface area contributed by atoms with Gasteiger partial charge in [0, 0.05) is 24.4 Å². The monoisotopic (exact) mass is 383 g/mol. The molecule has 0 unspecified atom stereocenters. The molecule has 0 fully saturated rings. The molecule has 0 spiro atoms. The first-order valence-corrected chi connectivity index (χ1v) is 8.59. The number of halogens is 1. The summed E-state index contributed by atoms with van der Waals surface area (Å²) in [6.45, 7) is 5.67. The minimum absolute atomic E-state index is 0.0583. The van der Waals surface area contributed by atoms with E-state index in [0.29, 0.717) is 25.8 Å². The Morgan fingerprint density at radius 2 is 1.96 bits per heavy atom. The highest BCUT2D eigenvalue weighted by Gasteiger charge is 2.22. The van der Waals surface area contributed by atoms with Crippen molar-refractivity contribution in [3.63, 3.8) is 0 Å². The predicted molar refractivity (Wildman–Crippen MR) is 95.6 cm³/mol. The number of rotatable bonds is 8. The third kappa shape index (κ3) is 8.98. The first-order valence-electron chi connectivity index (χ1n) is 8.59. The Balaban J connectivity index is 2.46. The number of unbranched alkanes of at least 4 members (excludes halogenated alkanes) is 1. The van der Waals surface area contributed by atoms with E-state index in [1.165, 1.54) is 19.4 Å². The smallest absolute Gasteiger partial charge is 0.407 e.